The number of nitriles is 1. The van der Waals surface area contributed by atoms with E-state index in [4.69, 9.17) is 5.26 Å². The van der Waals surface area contributed by atoms with Crippen molar-refractivity contribution >= 4 is 5.91 Å². The predicted molar refractivity (Wildman–Crippen MR) is 64.9 cm³/mol. The van der Waals surface area contributed by atoms with Gasteiger partial charge in [0, 0.05) is 6.54 Å². The van der Waals surface area contributed by atoms with Gasteiger partial charge in [0.1, 0.15) is 5.41 Å². The van der Waals surface area contributed by atoms with Crippen LogP contribution in [0.3, 0.4) is 0 Å². The van der Waals surface area contributed by atoms with E-state index in [0.29, 0.717) is 19.4 Å². The van der Waals surface area contributed by atoms with Crippen LogP contribution in [0.5, 0.6) is 0 Å². The van der Waals surface area contributed by atoms with E-state index in [1.165, 1.54) is 5.56 Å². The molecule has 0 atom stereocenters. The van der Waals surface area contributed by atoms with Crippen molar-refractivity contribution in [2.24, 2.45) is 5.41 Å². The van der Waals surface area contributed by atoms with E-state index in [-0.39, 0.29) is 5.91 Å². The van der Waals surface area contributed by atoms with Crippen LogP contribution in [0.1, 0.15) is 30.9 Å². The smallest absolute Gasteiger partial charge is 0.240 e. The quantitative estimate of drug-likeness (QED) is 0.858. The van der Waals surface area contributed by atoms with Crippen molar-refractivity contribution in [3.8, 4) is 6.07 Å². The normalized spacial score (nSPS) is 16.0. The molecule has 1 amide bonds. The average molecular weight is 228 g/mol. The fourth-order valence-electron chi connectivity index (χ4n) is 1.76. The van der Waals surface area contributed by atoms with Crippen LogP contribution >= 0.6 is 0 Å². The lowest BCUT2D eigenvalue weighted by Gasteiger charge is -2.08. The zero-order valence-corrected chi connectivity index (χ0v) is 9.99. The summed E-state index contributed by atoms with van der Waals surface area (Å²) in [6.45, 7) is 2.62. The third-order valence-corrected chi connectivity index (χ3v) is 3.28. The van der Waals surface area contributed by atoms with E-state index < -0.39 is 5.41 Å². The van der Waals surface area contributed by atoms with Gasteiger partial charge in [-0.15, -0.1) is 0 Å². The highest BCUT2D eigenvalue weighted by atomic mass is 16.2. The topological polar surface area (TPSA) is 52.9 Å². The summed E-state index contributed by atoms with van der Waals surface area (Å²) >= 11 is 0. The number of benzene rings is 1. The fraction of sp³-hybridized carbons (Fsp3) is 0.429. The van der Waals surface area contributed by atoms with Crippen LogP contribution < -0.4 is 5.32 Å². The van der Waals surface area contributed by atoms with Crippen molar-refractivity contribution in [3.63, 3.8) is 0 Å². The summed E-state index contributed by atoms with van der Waals surface area (Å²) in [5.41, 5.74) is 1.64. The molecular formula is C14H16N2O. The number of hydrogen-bond acceptors (Lipinski definition) is 2. The third-order valence-electron chi connectivity index (χ3n) is 3.28. The number of aryl methyl sites for hydroxylation is 1. The van der Waals surface area contributed by atoms with Gasteiger partial charge in [0.05, 0.1) is 6.07 Å². The lowest BCUT2D eigenvalue weighted by molar-refractivity contribution is -0.124. The first-order chi connectivity index (χ1) is 8.20. The molecule has 1 aliphatic rings. The van der Waals surface area contributed by atoms with Crippen LogP contribution in [0.4, 0.5) is 0 Å². The van der Waals surface area contributed by atoms with E-state index in [1.54, 1.807) is 0 Å². The SMILES string of the molecule is CCc1ccc(CNC(=O)C2(C#N)CC2)cc1. The molecule has 1 aromatic rings. The number of nitrogens with one attached hydrogen (secondary N) is 1. The summed E-state index contributed by atoms with van der Waals surface area (Å²) in [6.07, 6.45) is 2.42. The second kappa shape index (κ2) is 4.58. The first-order valence-electron chi connectivity index (χ1n) is 5.97. The largest absolute Gasteiger partial charge is 0.351 e. The molecule has 0 aromatic heterocycles. The highest BCUT2D eigenvalue weighted by Crippen LogP contribution is 2.44. The van der Waals surface area contributed by atoms with E-state index in [9.17, 15) is 4.79 Å². The molecule has 0 radical (unpaired) electrons. The van der Waals surface area contributed by atoms with Gasteiger partial charge in [-0.25, -0.2) is 0 Å². The van der Waals surface area contributed by atoms with Crippen molar-refractivity contribution in [3.05, 3.63) is 35.4 Å². The summed E-state index contributed by atoms with van der Waals surface area (Å²) in [4.78, 5) is 11.7. The molecule has 1 saturated carbocycles. The Balaban J connectivity index is 1.90. The predicted octanol–water partition coefficient (Wildman–Crippen LogP) is 2.17. The second-order valence-corrected chi connectivity index (χ2v) is 4.55. The van der Waals surface area contributed by atoms with Gasteiger partial charge in [-0.05, 0) is 30.4 Å². The Bertz CT molecular complexity index is 452. The zero-order chi connectivity index (χ0) is 12.3. The van der Waals surface area contributed by atoms with Gasteiger partial charge in [-0.2, -0.15) is 5.26 Å². The summed E-state index contributed by atoms with van der Waals surface area (Å²) in [5, 5.41) is 11.7. The van der Waals surface area contributed by atoms with Crippen molar-refractivity contribution in [1.29, 1.82) is 5.26 Å². The molecule has 0 saturated heterocycles. The minimum Gasteiger partial charge on any atom is -0.351 e. The molecule has 1 N–H and O–H groups in total. The molecule has 1 fully saturated rings. The number of rotatable bonds is 4. The highest BCUT2D eigenvalue weighted by molar-refractivity contribution is 5.88. The number of amides is 1. The summed E-state index contributed by atoms with van der Waals surface area (Å²) in [6, 6.07) is 10.3. The van der Waals surface area contributed by atoms with Crippen LogP contribution in [0.2, 0.25) is 0 Å². The molecule has 1 aliphatic carbocycles. The van der Waals surface area contributed by atoms with Gasteiger partial charge in [-0.1, -0.05) is 31.2 Å². The summed E-state index contributed by atoms with van der Waals surface area (Å²) in [5.74, 6) is -0.125. The summed E-state index contributed by atoms with van der Waals surface area (Å²) in [7, 11) is 0. The van der Waals surface area contributed by atoms with Crippen LogP contribution in [-0.2, 0) is 17.8 Å². The van der Waals surface area contributed by atoms with Crippen molar-refractivity contribution < 1.29 is 4.79 Å². The monoisotopic (exact) mass is 228 g/mol. The lowest BCUT2D eigenvalue weighted by Crippen LogP contribution is -2.30. The Morgan fingerprint density at radius 3 is 2.41 bits per heavy atom. The molecule has 0 unspecified atom stereocenters. The average Bonchev–Trinajstić information content (AvgIpc) is 3.17. The molecule has 0 heterocycles. The van der Waals surface area contributed by atoms with Gasteiger partial charge in [-0.3, -0.25) is 4.79 Å². The highest BCUT2D eigenvalue weighted by Gasteiger charge is 2.50. The lowest BCUT2D eigenvalue weighted by atomic mass is 10.1. The Morgan fingerprint density at radius 1 is 1.35 bits per heavy atom. The van der Waals surface area contributed by atoms with Crippen molar-refractivity contribution in [2.45, 2.75) is 32.7 Å². The molecule has 1 aromatic carbocycles. The standard InChI is InChI=1S/C14H16N2O/c1-2-11-3-5-12(6-4-11)9-16-13(17)14(10-15)7-8-14/h3-6H,2,7-9H2,1H3,(H,16,17). The number of carbonyl (C=O) groups is 1. The molecule has 2 rings (SSSR count). The third kappa shape index (κ3) is 2.47. The van der Waals surface area contributed by atoms with Gasteiger partial charge in [0.2, 0.25) is 5.91 Å². The molecule has 0 bridgehead atoms. The Kier molecular flexibility index (Phi) is 3.14. The Hall–Kier alpha value is -1.82. The van der Waals surface area contributed by atoms with Gasteiger partial charge >= 0.3 is 0 Å². The second-order valence-electron chi connectivity index (χ2n) is 4.55. The summed E-state index contributed by atoms with van der Waals surface area (Å²) < 4.78 is 0. The zero-order valence-electron chi connectivity index (χ0n) is 9.99. The fourth-order valence-corrected chi connectivity index (χ4v) is 1.76. The number of carbonyl (C=O) groups excluding carboxylic acids is 1. The van der Waals surface area contributed by atoms with Crippen molar-refractivity contribution in [1.82, 2.24) is 5.32 Å². The van der Waals surface area contributed by atoms with E-state index >= 15 is 0 Å². The first kappa shape index (κ1) is 11.7. The van der Waals surface area contributed by atoms with Crippen molar-refractivity contribution in [2.75, 3.05) is 0 Å². The van der Waals surface area contributed by atoms with Crippen LogP contribution in [0, 0.1) is 16.7 Å². The minimum atomic E-state index is -0.719. The van der Waals surface area contributed by atoms with Crippen LogP contribution in [0.15, 0.2) is 24.3 Å². The molecule has 88 valence electrons. The van der Waals surface area contributed by atoms with Gasteiger partial charge in [0.25, 0.3) is 0 Å². The van der Waals surface area contributed by atoms with Crippen LogP contribution in [0.25, 0.3) is 0 Å². The Labute approximate surface area is 101 Å². The molecule has 0 aliphatic heterocycles. The molecule has 3 heteroatoms. The maximum absolute atomic E-state index is 11.7. The number of nitrogens with zero attached hydrogens (tertiary/aromatic N) is 1. The van der Waals surface area contributed by atoms with E-state index in [2.05, 4.69) is 30.4 Å². The number of hydrogen-bond donors (Lipinski definition) is 1. The van der Waals surface area contributed by atoms with Crippen LogP contribution in [-0.4, -0.2) is 5.91 Å². The van der Waals surface area contributed by atoms with Gasteiger partial charge < -0.3 is 5.32 Å². The molecule has 0 spiro atoms. The Morgan fingerprint density at radius 2 is 1.94 bits per heavy atom. The maximum Gasteiger partial charge on any atom is 0.240 e. The maximum atomic E-state index is 11.7. The minimum absolute atomic E-state index is 0.125. The molecular weight excluding hydrogens is 212 g/mol. The first-order valence-corrected chi connectivity index (χ1v) is 5.97. The molecule has 17 heavy (non-hydrogen) atoms. The molecule has 3 nitrogen and oxygen atoms in total. The van der Waals surface area contributed by atoms with Gasteiger partial charge in [0.15, 0.2) is 0 Å². The van der Waals surface area contributed by atoms with E-state index in [1.807, 2.05) is 12.1 Å². The van der Waals surface area contributed by atoms with E-state index in [0.717, 1.165) is 12.0 Å².